The fourth-order valence-electron chi connectivity index (χ4n) is 3.49. The third kappa shape index (κ3) is 4.27. The van der Waals surface area contributed by atoms with Crippen LogP contribution in [-0.2, 0) is 11.3 Å². The van der Waals surface area contributed by atoms with Crippen molar-refractivity contribution < 1.29 is 4.79 Å². The first-order valence-electron chi connectivity index (χ1n) is 8.43. The van der Waals surface area contributed by atoms with Gasteiger partial charge in [-0.1, -0.05) is 6.07 Å². The van der Waals surface area contributed by atoms with Crippen LogP contribution in [0, 0.1) is 5.92 Å². The van der Waals surface area contributed by atoms with E-state index >= 15 is 0 Å². The summed E-state index contributed by atoms with van der Waals surface area (Å²) in [7, 11) is 0. The molecule has 2 N–H and O–H groups in total. The lowest BCUT2D eigenvalue weighted by molar-refractivity contribution is -0.123. The lowest BCUT2D eigenvalue weighted by atomic mass is 9.97. The highest BCUT2D eigenvalue weighted by Gasteiger charge is 2.24. The monoisotopic (exact) mass is 302 g/mol. The van der Waals surface area contributed by atoms with Gasteiger partial charge in [-0.05, 0) is 56.3 Å². The number of hydrogen-bond donors (Lipinski definition) is 2. The third-order valence-corrected chi connectivity index (χ3v) is 4.67. The van der Waals surface area contributed by atoms with E-state index in [1.165, 1.54) is 18.4 Å². The van der Waals surface area contributed by atoms with E-state index in [-0.39, 0.29) is 11.9 Å². The molecule has 0 radical (unpaired) electrons. The molecule has 2 atom stereocenters. The van der Waals surface area contributed by atoms with Crippen LogP contribution in [0.1, 0.15) is 31.2 Å². The summed E-state index contributed by atoms with van der Waals surface area (Å²) in [5.74, 6) is 0.748. The van der Waals surface area contributed by atoms with Crippen molar-refractivity contribution in [3.05, 3.63) is 30.1 Å². The molecule has 2 aliphatic rings. The van der Waals surface area contributed by atoms with E-state index in [0.29, 0.717) is 5.92 Å². The molecule has 0 aromatic carbocycles. The van der Waals surface area contributed by atoms with E-state index in [1.54, 1.807) is 0 Å². The van der Waals surface area contributed by atoms with Crippen molar-refractivity contribution in [3.8, 4) is 0 Å². The quantitative estimate of drug-likeness (QED) is 0.857. The van der Waals surface area contributed by atoms with Gasteiger partial charge in [0.2, 0.25) is 5.91 Å². The number of piperidine rings is 1. The summed E-state index contributed by atoms with van der Waals surface area (Å²) in [6.07, 6.45) is 8.26. The van der Waals surface area contributed by atoms with Crippen molar-refractivity contribution in [1.29, 1.82) is 0 Å². The van der Waals surface area contributed by atoms with E-state index in [4.69, 9.17) is 0 Å². The Morgan fingerprint density at radius 2 is 2.36 bits per heavy atom. The van der Waals surface area contributed by atoms with Crippen molar-refractivity contribution in [2.24, 2.45) is 5.92 Å². The van der Waals surface area contributed by atoms with Crippen LogP contribution in [0.2, 0.25) is 0 Å². The van der Waals surface area contributed by atoms with Crippen molar-refractivity contribution >= 4 is 5.91 Å². The first kappa shape index (κ1) is 15.4. The van der Waals surface area contributed by atoms with Crippen molar-refractivity contribution in [3.63, 3.8) is 0 Å². The van der Waals surface area contributed by atoms with Crippen LogP contribution in [0.3, 0.4) is 0 Å². The summed E-state index contributed by atoms with van der Waals surface area (Å²) in [4.78, 5) is 18.7. The molecule has 3 heterocycles. The fraction of sp³-hybridized carbons (Fsp3) is 0.647. The van der Waals surface area contributed by atoms with Crippen molar-refractivity contribution in [2.45, 2.75) is 38.3 Å². The highest BCUT2D eigenvalue weighted by Crippen LogP contribution is 2.18. The second-order valence-electron chi connectivity index (χ2n) is 6.50. The fourth-order valence-corrected chi connectivity index (χ4v) is 3.49. The Morgan fingerprint density at radius 3 is 3.14 bits per heavy atom. The number of carbonyl (C=O) groups is 1. The number of likely N-dealkylation sites (tertiary alicyclic amines) is 1. The molecule has 0 aliphatic carbocycles. The van der Waals surface area contributed by atoms with Crippen molar-refractivity contribution in [1.82, 2.24) is 20.5 Å². The van der Waals surface area contributed by atoms with Gasteiger partial charge in [0, 0.05) is 32.0 Å². The second kappa shape index (κ2) is 7.70. The highest BCUT2D eigenvalue weighted by molar-refractivity contribution is 5.81. The molecule has 2 aliphatic heterocycles. The molecular formula is C17H26N4O. The van der Waals surface area contributed by atoms with Gasteiger partial charge in [-0.25, -0.2) is 0 Å². The minimum absolute atomic E-state index is 0.0371. The first-order valence-corrected chi connectivity index (χ1v) is 8.43. The molecular weight excluding hydrogens is 276 g/mol. The third-order valence-electron chi connectivity index (χ3n) is 4.67. The average molecular weight is 302 g/mol. The summed E-state index contributed by atoms with van der Waals surface area (Å²) < 4.78 is 0. The number of carbonyl (C=O) groups excluding carboxylic acids is 1. The Kier molecular flexibility index (Phi) is 5.40. The van der Waals surface area contributed by atoms with E-state index in [0.717, 1.165) is 45.6 Å². The standard InChI is InChI=1S/C17H26N4O/c22-17(16-6-2-8-19-16)20-11-15-5-3-9-21(13-15)12-14-4-1-7-18-10-14/h1,4,7,10,15-16,19H,2-3,5-6,8-9,11-13H2,(H,20,22). The summed E-state index contributed by atoms with van der Waals surface area (Å²) in [5.41, 5.74) is 1.27. The highest BCUT2D eigenvalue weighted by atomic mass is 16.2. The predicted molar refractivity (Wildman–Crippen MR) is 86.3 cm³/mol. The molecule has 5 heteroatoms. The zero-order chi connectivity index (χ0) is 15.2. The molecule has 2 fully saturated rings. The van der Waals surface area contributed by atoms with Crippen LogP contribution < -0.4 is 10.6 Å². The molecule has 2 unspecified atom stereocenters. The normalized spacial score (nSPS) is 26.0. The molecule has 2 saturated heterocycles. The second-order valence-corrected chi connectivity index (χ2v) is 6.50. The van der Waals surface area contributed by atoms with Crippen LogP contribution in [0.15, 0.2) is 24.5 Å². The predicted octanol–water partition coefficient (Wildman–Crippen LogP) is 1.16. The molecule has 22 heavy (non-hydrogen) atoms. The number of amides is 1. The average Bonchev–Trinajstić information content (AvgIpc) is 3.08. The molecule has 0 bridgehead atoms. The summed E-state index contributed by atoms with van der Waals surface area (Å²) in [6, 6.07) is 4.16. The van der Waals surface area contributed by atoms with Gasteiger partial charge in [0.1, 0.15) is 0 Å². The summed E-state index contributed by atoms with van der Waals surface area (Å²) >= 11 is 0. The van der Waals surface area contributed by atoms with Gasteiger partial charge in [0.05, 0.1) is 6.04 Å². The van der Waals surface area contributed by atoms with Crippen LogP contribution in [0.25, 0.3) is 0 Å². The largest absolute Gasteiger partial charge is 0.354 e. The van der Waals surface area contributed by atoms with Crippen molar-refractivity contribution in [2.75, 3.05) is 26.2 Å². The van der Waals surface area contributed by atoms with Crippen LogP contribution in [0.5, 0.6) is 0 Å². The number of nitrogens with one attached hydrogen (secondary N) is 2. The van der Waals surface area contributed by atoms with Gasteiger partial charge in [0.15, 0.2) is 0 Å². The van der Waals surface area contributed by atoms with Crippen LogP contribution in [-0.4, -0.2) is 48.0 Å². The topological polar surface area (TPSA) is 57.3 Å². The molecule has 0 spiro atoms. The van der Waals surface area contributed by atoms with Gasteiger partial charge in [-0.15, -0.1) is 0 Å². The van der Waals surface area contributed by atoms with Gasteiger partial charge in [-0.3, -0.25) is 14.7 Å². The zero-order valence-corrected chi connectivity index (χ0v) is 13.1. The smallest absolute Gasteiger partial charge is 0.237 e. The Labute approximate surface area is 132 Å². The minimum atomic E-state index is 0.0371. The molecule has 1 aromatic rings. The van der Waals surface area contributed by atoms with E-state index in [2.05, 4.69) is 26.6 Å². The van der Waals surface area contributed by atoms with Gasteiger partial charge in [-0.2, -0.15) is 0 Å². The number of rotatable bonds is 5. The summed E-state index contributed by atoms with van der Waals surface area (Å²) in [6.45, 7) is 4.94. The molecule has 1 aromatic heterocycles. The summed E-state index contributed by atoms with van der Waals surface area (Å²) in [5, 5.41) is 6.39. The molecule has 5 nitrogen and oxygen atoms in total. The lowest BCUT2D eigenvalue weighted by Gasteiger charge is -2.33. The first-order chi connectivity index (χ1) is 10.8. The van der Waals surface area contributed by atoms with Crippen LogP contribution in [0.4, 0.5) is 0 Å². The molecule has 3 rings (SSSR count). The number of aromatic nitrogens is 1. The Balaban J connectivity index is 1.43. The zero-order valence-electron chi connectivity index (χ0n) is 13.1. The Hall–Kier alpha value is -1.46. The Morgan fingerprint density at radius 1 is 1.41 bits per heavy atom. The SMILES string of the molecule is O=C(NCC1CCCN(Cc2cccnc2)C1)C1CCCN1. The lowest BCUT2D eigenvalue weighted by Crippen LogP contribution is -2.45. The maximum atomic E-state index is 12.1. The van der Waals surface area contributed by atoms with E-state index in [9.17, 15) is 4.79 Å². The maximum Gasteiger partial charge on any atom is 0.237 e. The van der Waals surface area contributed by atoms with Crippen LogP contribution >= 0.6 is 0 Å². The minimum Gasteiger partial charge on any atom is -0.354 e. The number of pyridine rings is 1. The molecule has 120 valence electrons. The van der Waals surface area contributed by atoms with E-state index in [1.807, 2.05) is 18.5 Å². The van der Waals surface area contributed by atoms with Gasteiger partial charge < -0.3 is 10.6 Å². The Bertz CT molecular complexity index is 473. The number of hydrogen-bond acceptors (Lipinski definition) is 4. The number of nitrogens with zero attached hydrogens (tertiary/aromatic N) is 2. The molecule has 1 amide bonds. The van der Waals surface area contributed by atoms with E-state index < -0.39 is 0 Å². The van der Waals surface area contributed by atoms with Gasteiger partial charge >= 0.3 is 0 Å². The maximum absolute atomic E-state index is 12.1. The van der Waals surface area contributed by atoms with Gasteiger partial charge in [0.25, 0.3) is 0 Å². The molecule has 0 saturated carbocycles.